The van der Waals surface area contributed by atoms with E-state index in [0.29, 0.717) is 6.04 Å². The molecule has 0 fully saturated rings. The molecule has 0 unspecified atom stereocenters. The van der Waals surface area contributed by atoms with Crippen LogP contribution in [-0.4, -0.2) is 6.04 Å². The first-order valence-electron chi connectivity index (χ1n) is 3.71. The average molecular weight is 125 g/mol. The second-order valence-electron chi connectivity index (χ2n) is 2.90. The monoisotopic (exact) mass is 125 g/mol. The Balaban J connectivity index is 2.35. The normalized spacial score (nSPS) is 30.2. The van der Waals surface area contributed by atoms with Gasteiger partial charge in [-0.1, -0.05) is 12.2 Å². The van der Waals surface area contributed by atoms with Gasteiger partial charge >= 0.3 is 0 Å². The average Bonchev–Trinajstić information content (AvgIpc) is 1.90. The van der Waals surface area contributed by atoms with Crippen molar-refractivity contribution in [3.63, 3.8) is 0 Å². The molecule has 1 heteroatoms. The molecule has 52 valence electrons. The molecule has 0 aromatic carbocycles. The van der Waals surface area contributed by atoms with E-state index in [0.717, 1.165) is 5.92 Å². The highest BCUT2D eigenvalue weighted by Gasteiger charge is 2.12. The van der Waals surface area contributed by atoms with E-state index in [1.165, 1.54) is 19.3 Å². The lowest BCUT2D eigenvalue weighted by Gasteiger charge is -2.20. The quantitative estimate of drug-likeness (QED) is 0.530. The Hall–Kier alpha value is -0.300. The highest BCUT2D eigenvalue weighted by molar-refractivity contribution is 4.92. The molecule has 1 nitrogen and oxygen atoms in total. The van der Waals surface area contributed by atoms with E-state index in [1.54, 1.807) is 0 Å². The van der Waals surface area contributed by atoms with Crippen LogP contribution in [0.3, 0.4) is 0 Å². The second-order valence-corrected chi connectivity index (χ2v) is 2.90. The third-order valence-electron chi connectivity index (χ3n) is 2.05. The van der Waals surface area contributed by atoms with Crippen molar-refractivity contribution in [2.75, 3.05) is 0 Å². The van der Waals surface area contributed by atoms with Crippen LogP contribution in [-0.2, 0) is 0 Å². The Morgan fingerprint density at radius 2 is 2.33 bits per heavy atom. The Labute approximate surface area is 56.9 Å². The Morgan fingerprint density at radius 3 is 2.67 bits per heavy atom. The van der Waals surface area contributed by atoms with Gasteiger partial charge in [-0.3, -0.25) is 0 Å². The van der Waals surface area contributed by atoms with Gasteiger partial charge in [-0.05, 0) is 32.1 Å². The minimum absolute atomic E-state index is 0.384. The smallest absolute Gasteiger partial charge is 0.00418 e. The predicted octanol–water partition coefficient (Wildman–Crippen LogP) is 1.69. The van der Waals surface area contributed by atoms with Crippen molar-refractivity contribution < 1.29 is 0 Å². The molecule has 0 saturated carbocycles. The van der Waals surface area contributed by atoms with Gasteiger partial charge in [-0.25, -0.2) is 0 Å². The molecule has 0 spiro atoms. The zero-order valence-corrected chi connectivity index (χ0v) is 6.01. The summed E-state index contributed by atoms with van der Waals surface area (Å²) in [6.45, 7) is 2.10. The van der Waals surface area contributed by atoms with Crippen LogP contribution in [0.1, 0.15) is 26.2 Å². The highest BCUT2D eigenvalue weighted by atomic mass is 14.6. The van der Waals surface area contributed by atoms with Gasteiger partial charge in [-0.15, -0.1) is 0 Å². The van der Waals surface area contributed by atoms with Crippen molar-refractivity contribution in [2.45, 2.75) is 32.2 Å². The summed E-state index contributed by atoms with van der Waals surface area (Å²) in [7, 11) is 0. The maximum absolute atomic E-state index is 5.73. The zero-order chi connectivity index (χ0) is 6.69. The van der Waals surface area contributed by atoms with Crippen LogP contribution in [0.25, 0.3) is 0 Å². The Kier molecular flexibility index (Phi) is 2.29. The summed E-state index contributed by atoms with van der Waals surface area (Å²) in [5.74, 6) is 0.745. The molecule has 1 aliphatic carbocycles. The SMILES string of the molecule is C[C@@H](N)[C@@H]1CC=CCC1. The first-order chi connectivity index (χ1) is 4.30. The van der Waals surface area contributed by atoms with Crippen LogP contribution in [0.5, 0.6) is 0 Å². The molecule has 0 radical (unpaired) electrons. The summed E-state index contributed by atoms with van der Waals surface area (Å²) in [5, 5.41) is 0. The molecular weight excluding hydrogens is 110 g/mol. The van der Waals surface area contributed by atoms with Crippen LogP contribution in [0.2, 0.25) is 0 Å². The highest BCUT2D eigenvalue weighted by Crippen LogP contribution is 2.19. The molecule has 0 bridgehead atoms. The van der Waals surface area contributed by atoms with Gasteiger partial charge in [-0.2, -0.15) is 0 Å². The van der Waals surface area contributed by atoms with Gasteiger partial charge < -0.3 is 5.73 Å². The van der Waals surface area contributed by atoms with Crippen molar-refractivity contribution in [3.8, 4) is 0 Å². The van der Waals surface area contributed by atoms with E-state index in [2.05, 4.69) is 19.1 Å². The van der Waals surface area contributed by atoms with Crippen molar-refractivity contribution >= 4 is 0 Å². The van der Waals surface area contributed by atoms with Crippen molar-refractivity contribution in [1.29, 1.82) is 0 Å². The summed E-state index contributed by atoms with van der Waals surface area (Å²) >= 11 is 0. The predicted molar refractivity (Wildman–Crippen MR) is 40.1 cm³/mol. The lowest BCUT2D eigenvalue weighted by Crippen LogP contribution is -2.26. The molecule has 0 saturated heterocycles. The van der Waals surface area contributed by atoms with Crippen molar-refractivity contribution in [2.24, 2.45) is 11.7 Å². The molecule has 0 amide bonds. The van der Waals surface area contributed by atoms with E-state index in [-0.39, 0.29) is 0 Å². The molecule has 0 heterocycles. The van der Waals surface area contributed by atoms with Crippen LogP contribution in [0.15, 0.2) is 12.2 Å². The van der Waals surface area contributed by atoms with Gasteiger partial charge in [0.05, 0.1) is 0 Å². The van der Waals surface area contributed by atoms with Crippen molar-refractivity contribution in [1.82, 2.24) is 0 Å². The molecular formula is C8H15N. The van der Waals surface area contributed by atoms with Gasteiger partial charge in [0.15, 0.2) is 0 Å². The van der Waals surface area contributed by atoms with Gasteiger partial charge in [0, 0.05) is 6.04 Å². The fourth-order valence-electron chi connectivity index (χ4n) is 1.29. The number of hydrogen-bond donors (Lipinski definition) is 1. The van der Waals surface area contributed by atoms with Gasteiger partial charge in [0.25, 0.3) is 0 Å². The third-order valence-corrected chi connectivity index (χ3v) is 2.05. The minimum Gasteiger partial charge on any atom is -0.328 e. The first kappa shape index (κ1) is 6.81. The van der Waals surface area contributed by atoms with Crippen molar-refractivity contribution in [3.05, 3.63) is 12.2 Å². The zero-order valence-electron chi connectivity index (χ0n) is 6.01. The van der Waals surface area contributed by atoms with Crippen LogP contribution in [0.4, 0.5) is 0 Å². The fraction of sp³-hybridized carbons (Fsp3) is 0.750. The number of rotatable bonds is 1. The maximum Gasteiger partial charge on any atom is 0.00418 e. The fourth-order valence-corrected chi connectivity index (χ4v) is 1.29. The van der Waals surface area contributed by atoms with Crippen LogP contribution < -0.4 is 5.73 Å². The standard InChI is InChI=1S/C8H15N/c1-7(9)8-5-3-2-4-6-8/h2-3,7-8H,4-6,9H2,1H3/t7-,8-/m1/s1. The Bertz CT molecular complexity index is 105. The molecule has 2 atom stereocenters. The molecule has 0 aromatic rings. The Morgan fingerprint density at radius 1 is 1.56 bits per heavy atom. The number of nitrogens with two attached hydrogens (primary N) is 1. The lowest BCUT2D eigenvalue weighted by molar-refractivity contribution is 0.409. The van der Waals surface area contributed by atoms with E-state index in [1.807, 2.05) is 0 Å². The molecule has 0 aromatic heterocycles. The summed E-state index contributed by atoms with van der Waals surface area (Å²) < 4.78 is 0. The number of hydrogen-bond acceptors (Lipinski definition) is 1. The molecule has 2 N–H and O–H groups in total. The van der Waals surface area contributed by atoms with E-state index in [9.17, 15) is 0 Å². The van der Waals surface area contributed by atoms with E-state index < -0.39 is 0 Å². The third kappa shape index (κ3) is 1.83. The van der Waals surface area contributed by atoms with Crippen LogP contribution >= 0.6 is 0 Å². The lowest BCUT2D eigenvalue weighted by atomic mass is 9.89. The molecule has 9 heavy (non-hydrogen) atoms. The first-order valence-corrected chi connectivity index (χ1v) is 3.71. The molecule has 0 aliphatic heterocycles. The second kappa shape index (κ2) is 3.02. The largest absolute Gasteiger partial charge is 0.328 e. The van der Waals surface area contributed by atoms with Gasteiger partial charge in [0.2, 0.25) is 0 Å². The summed E-state index contributed by atoms with van der Waals surface area (Å²) in [6.07, 6.45) is 8.20. The van der Waals surface area contributed by atoms with E-state index in [4.69, 9.17) is 5.73 Å². The maximum atomic E-state index is 5.73. The molecule has 1 rings (SSSR count). The van der Waals surface area contributed by atoms with Crippen LogP contribution in [0, 0.1) is 5.92 Å². The summed E-state index contributed by atoms with van der Waals surface area (Å²) in [4.78, 5) is 0. The molecule has 1 aliphatic rings. The van der Waals surface area contributed by atoms with E-state index >= 15 is 0 Å². The summed E-state index contributed by atoms with van der Waals surface area (Å²) in [6, 6.07) is 0.384. The summed E-state index contributed by atoms with van der Waals surface area (Å²) in [5.41, 5.74) is 5.73. The topological polar surface area (TPSA) is 26.0 Å². The number of allylic oxidation sites excluding steroid dienone is 2. The minimum atomic E-state index is 0.384. The van der Waals surface area contributed by atoms with Gasteiger partial charge in [0.1, 0.15) is 0 Å².